The molecule has 2 aromatic carbocycles. The summed E-state index contributed by atoms with van der Waals surface area (Å²) < 4.78 is 0. The predicted molar refractivity (Wildman–Crippen MR) is 65.9 cm³/mol. The first-order valence-electron chi connectivity index (χ1n) is 5.14. The topological polar surface area (TPSA) is 54.7 Å². The molecule has 1 aromatic heterocycles. The van der Waals surface area contributed by atoms with Crippen molar-refractivity contribution in [3.63, 3.8) is 0 Å². The molecule has 3 aromatic rings. The number of nitrogen functional groups attached to an aromatic ring is 1. The van der Waals surface area contributed by atoms with Crippen LogP contribution in [0.15, 0.2) is 48.5 Å². The summed E-state index contributed by atoms with van der Waals surface area (Å²) >= 11 is 0. The summed E-state index contributed by atoms with van der Waals surface area (Å²) in [7, 11) is 0. The lowest BCUT2D eigenvalue weighted by molar-refractivity contribution is 1.12. The first kappa shape index (κ1) is 8.97. The second kappa shape index (κ2) is 3.38. The van der Waals surface area contributed by atoms with E-state index in [1.807, 2.05) is 48.5 Å². The highest BCUT2D eigenvalue weighted by Gasteiger charge is 2.08. The van der Waals surface area contributed by atoms with Crippen LogP contribution in [0, 0.1) is 0 Å². The van der Waals surface area contributed by atoms with Gasteiger partial charge in [0.25, 0.3) is 0 Å². The van der Waals surface area contributed by atoms with E-state index < -0.39 is 0 Å². The van der Waals surface area contributed by atoms with Crippen LogP contribution in [0.3, 0.4) is 0 Å². The van der Waals surface area contributed by atoms with E-state index >= 15 is 0 Å². The van der Waals surface area contributed by atoms with Gasteiger partial charge in [0.1, 0.15) is 0 Å². The van der Waals surface area contributed by atoms with E-state index in [0.717, 1.165) is 27.8 Å². The van der Waals surface area contributed by atoms with Gasteiger partial charge in [0, 0.05) is 10.9 Å². The maximum atomic E-state index is 5.88. The quantitative estimate of drug-likeness (QED) is 0.605. The molecule has 0 aliphatic carbocycles. The van der Waals surface area contributed by atoms with Gasteiger partial charge in [0.05, 0.1) is 16.9 Å². The number of nitrogens with zero attached hydrogens (tertiary/aromatic N) is 1. The van der Waals surface area contributed by atoms with Crippen LogP contribution >= 0.6 is 0 Å². The van der Waals surface area contributed by atoms with Crippen molar-refractivity contribution in [3.8, 4) is 11.3 Å². The van der Waals surface area contributed by atoms with Gasteiger partial charge in [-0.05, 0) is 6.07 Å². The molecule has 0 aliphatic heterocycles. The van der Waals surface area contributed by atoms with E-state index in [9.17, 15) is 0 Å². The zero-order valence-electron chi connectivity index (χ0n) is 8.64. The molecule has 16 heavy (non-hydrogen) atoms. The summed E-state index contributed by atoms with van der Waals surface area (Å²) in [4.78, 5) is 0. The van der Waals surface area contributed by atoms with Gasteiger partial charge >= 0.3 is 0 Å². The molecule has 0 saturated carbocycles. The van der Waals surface area contributed by atoms with Gasteiger partial charge in [0.15, 0.2) is 0 Å². The van der Waals surface area contributed by atoms with Crippen molar-refractivity contribution in [1.82, 2.24) is 10.2 Å². The van der Waals surface area contributed by atoms with E-state index in [1.54, 1.807) is 0 Å². The van der Waals surface area contributed by atoms with Gasteiger partial charge in [-0.2, -0.15) is 5.10 Å². The van der Waals surface area contributed by atoms with Crippen LogP contribution < -0.4 is 5.73 Å². The van der Waals surface area contributed by atoms with Gasteiger partial charge in [-0.1, -0.05) is 42.5 Å². The Kier molecular flexibility index (Phi) is 1.90. The monoisotopic (exact) mass is 209 g/mol. The number of rotatable bonds is 1. The molecular weight excluding hydrogens is 198 g/mol. The Labute approximate surface area is 92.9 Å². The van der Waals surface area contributed by atoms with E-state index in [0.29, 0.717) is 0 Å². The van der Waals surface area contributed by atoms with Crippen molar-refractivity contribution in [1.29, 1.82) is 0 Å². The molecule has 3 N–H and O–H groups in total. The van der Waals surface area contributed by atoms with Gasteiger partial charge in [-0.3, -0.25) is 5.10 Å². The predicted octanol–water partition coefficient (Wildman–Crippen LogP) is 2.81. The third-order valence-electron chi connectivity index (χ3n) is 2.68. The van der Waals surface area contributed by atoms with Crippen molar-refractivity contribution in [2.45, 2.75) is 0 Å². The van der Waals surface area contributed by atoms with E-state index in [4.69, 9.17) is 5.73 Å². The second-order valence-corrected chi connectivity index (χ2v) is 3.71. The van der Waals surface area contributed by atoms with Gasteiger partial charge in [0.2, 0.25) is 0 Å². The molecule has 0 radical (unpaired) electrons. The summed E-state index contributed by atoms with van der Waals surface area (Å²) in [5.41, 5.74) is 9.55. The molecule has 0 spiro atoms. The van der Waals surface area contributed by atoms with E-state index in [-0.39, 0.29) is 0 Å². The number of nitrogens with one attached hydrogen (secondary N) is 1. The Morgan fingerprint density at radius 1 is 0.938 bits per heavy atom. The van der Waals surface area contributed by atoms with Crippen molar-refractivity contribution in [2.75, 3.05) is 5.73 Å². The Morgan fingerprint density at radius 3 is 2.56 bits per heavy atom. The number of nitrogens with two attached hydrogens (primary N) is 1. The Bertz CT molecular complexity index is 626. The Hall–Kier alpha value is -2.29. The number of aromatic nitrogens is 2. The molecule has 0 bridgehead atoms. The number of H-pyrrole nitrogens is 1. The molecule has 3 heteroatoms. The van der Waals surface area contributed by atoms with Crippen molar-refractivity contribution >= 4 is 16.6 Å². The lowest BCUT2D eigenvalue weighted by Crippen LogP contribution is -1.84. The molecule has 3 rings (SSSR count). The first-order valence-corrected chi connectivity index (χ1v) is 5.14. The normalized spacial score (nSPS) is 10.8. The fraction of sp³-hybridized carbons (Fsp3) is 0. The maximum Gasteiger partial charge on any atom is 0.1000 e. The van der Waals surface area contributed by atoms with Crippen LogP contribution in [-0.2, 0) is 0 Å². The number of anilines is 1. The van der Waals surface area contributed by atoms with Crippen LogP contribution in [0.5, 0.6) is 0 Å². The molecule has 0 fully saturated rings. The van der Waals surface area contributed by atoms with Gasteiger partial charge < -0.3 is 5.73 Å². The first-order chi connectivity index (χ1) is 7.86. The fourth-order valence-electron chi connectivity index (χ4n) is 1.88. The van der Waals surface area contributed by atoms with Crippen LogP contribution in [0.4, 0.5) is 5.69 Å². The smallest absolute Gasteiger partial charge is 0.1000 e. The van der Waals surface area contributed by atoms with Crippen molar-refractivity contribution < 1.29 is 0 Å². The number of hydrogen-bond donors (Lipinski definition) is 2. The summed E-state index contributed by atoms with van der Waals surface area (Å²) in [6.45, 7) is 0. The minimum absolute atomic E-state index is 0.729. The Balaban J connectivity index is 2.30. The van der Waals surface area contributed by atoms with Crippen molar-refractivity contribution in [2.24, 2.45) is 0 Å². The molecule has 0 unspecified atom stereocenters. The molecule has 0 saturated heterocycles. The minimum Gasteiger partial charge on any atom is -0.397 e. The molecule has 78 valence electrons. The molecule has 1 heterocycles. The molecule has 0 aliphatic rings. The van der Waals surface area contributed by atoms with E-state index in [2.05, 4.69) is 10.2 Å². The minimum atomic E-state index is 0.729. The third kappa shape index (κ3) is 1.26. The third-order valence-corrected chi connectivity index (χ3v) is 2.68. The average molecular weight is 209 g/mol. The molecule has 0 amide bonds. The maximum absolute atomic E-state index is 5.88. The summed E-state index contributed by atoms with van der Waals surface area (Å²) in [5, 5.41) is 8.36. The molecule has 0 atom stereocenters. The highest BCUT2D eigenvalue weighted by molar-refractivity contribution is 5.98. The highest BCUT2D eigenvalue weighted by Crippen LogP contribution is 2.28. The zero-order chi connectivity index (χ0) is 11.0. The van der Waals surface area contributed by atoms with Gasteiger partial charge in [-0.25, -0.2) is 0 Å². The SMILES string of the molecule is Nc1cccc2c(-c3ccccc3)n[nH]c12. The number of para-hydroxylation sites is 1. The van der Waals surface area contributed by atoms with Gasteiger partial charge in [-0.15, -0.1) is 0 Å². The second-order valence-electron chi connectivity index (χ2n) is 3.71. The lowest BCUT2D eigenvalue weighted by atomic mass is 10.1. The van der Waals surface area contributed by atoms with Crippen LogP contribution in [0.25, 0.3) is 22.2 Å². The van der Waals surface area contributed by atoms with Crippen LogP contribution in [-0.4, -0.2) is 10.2 Å². The fourth-order valence-corrected chi connectivity index (χ4v) is 1.88. The summed E-state index contributed by atoms with van der Waals surface area (Å²) in [6, 6.07) is 15.9. The largest absolute Gasteiger partial charge is 0.397 e. The van der Waals surface area contributed by atoms with Crippen LogP contribution in [0.2, 0.25) is 0 Å². The average Bonchev–Trinajstić information content (AvgIpc) is 2.75. The molecular formula is C13H11N3. The summed E-state index contributed by atoms with van der Waals surface area (Å²) in [5.74, 6) is 0. The standard InChI is InChI=1S/C13H11N3/c14-11-8-4-7-10-12(15-16-13(10)11)9-5-2-1-3-6-9/h1-8H,14H2,(H,15,16). The highest BCUT2D eigenvalue weighted by atomic mass is 15.1. The summed E-state index contributed by atoms with van der Waals surface area (Å²) in [6.07, 6.45) is 0. The van der Waals surface area contributed by atoms with E-state index in [1.165, 1.54) is 0 Å². The number of aromatic amines is 1. The number of benzene rings is 2. The molecule has 3 nitrogen and oxygen atoms in total. The number of fused-ring (bicyclic) bond motifs is 1. The lowest BCUT2D eigenvalue weighted by Gasteiger charge is -1.97. The Morgan fingerprint density at radius 2 is 1.75 bits per heavy atom. The van der Waals surface area contributed by atoms with Crippen LogP contribution in [0.1, 0.15) is 0 Å². The number of hydrogen-bond acceptors (Lipinski definition) is 2. The van der Waals surface area contributed by atoms with Crippen molar-refractivity contribution in [3.05, 3.63) is 48.5 Å². The zero-order valence-corrected chi connectivity index (χ0v) is 8.64.